The fourth-order valence-electron chi connectivity index (χ4n) is 1.25. The molecule has 0 aliphatic carbocycles. The second-order valence-corrected chi connectivity index (χ2v) is 6.26. The van der Waals surface area contributed by atoms with Crippen molar-refractivity contribution in [2.24, 2.45) is 5.92 Å². The third-order valence-electron chi connectivity index (χ3n) is 2.13. The fourth-order valence-corrected chi connectivity index (χ4v) is 2.44. The molecule has 17 heavy (non-hydrogen) atoms. The molecular weight excluding hydrogens is 238 g/mol. The molecule has 0 heterocycles. The van der Waals surface area contributed by atoms with Gasteiger partial charge in [-0.05, 0) is 18.1 Å². The van der Waals surface area contributed by atoms with Crippen LogP contribution in [0.2, 0.25) is 0 Å². The van der Waals surface area contributed by atoms with Gasteiger partial charge < -0.3 is 5.32 Å². The van der Waals surface area contributed by atoms with Crippen LogP contribution in [-0.2, 0) is 14.6 Å². The molecule has 0 aliphatic heterocycles. The molecule has 1 rings (SSSR count). The van der Waals surface area contributed by atoms with Gasteiger partial charge in [0.05, 0.1) is 4.90 Å². The highest BCUT2D eigenvalue weighted by Crippen LogP contribution is 2.09. The number of amides is 1. The average molecular weight is 255 g/mol. The van der Waals surface area contributed by atoms with Gasteiger partial charge in [-0.25, -0.2) is 8.42 Å². The minimum absolute atomic E-state index is 0.180. The lowest BCUT2D eigenvalue weighted by atomic mass is 10.2. The highest BCUT2D eigenvalue weighted by Gasteiger charge is 2.18. The number of nitrogens with one attached hydrogen (secondary N) is 1. The number of carbonyl (C=O) groups is 1. The molecule has 0 bridgehead atoms. The summed E-state index contributed by atoms with van der Waals surface area (Å²) in [5, 5.41) is 2.59. The van der Waals surface area contributed by atoms with Gasteiger partial charge in [0.2, 0.25) is 5.91 Å². The minimum atomic E-state index is -3.52. The summed E-state index contributed by atoms with van der Waals surface area (Å²) in [6.45, 7) is 4.39. The Balaban J connectivity index is 2.65. The lowest BCUT2D eigenvalue weighted by Gasteiger charge is -2.08. The van der Waals surface area contributed by atoms with Crippen molar-refractivity contribution < 1.29 is 13.2 Å². The zero-order chi connectivity index (χ0) is 12.9. The van der Waals surface area contributed by atoms with Crippen LogP contribution in [0.15, 0.2) is 35.2 Å². The van der Waals surface area contributed by atoms with Crippen LogP contribution >= 0.6 is 0 Å². The molecule has 0 saturated heterocycles. The number of hydrogen-bond acceptors (Lipinski definition) is 3. The summed E-state index contributed by atoms with van der Waals surface area (Å²) in [6, 6.07) is 7.99. The van der Waals surface area contributed by atoms with Crippen LogP contribution in [0.25, 0.3) is 0 Å². The number of carbonyl (C=O) groups excluding carboxylic acids is 1. The topological polar surface area (TPSA) is 63.2 Å². The van der Waals surface area contributed by atoms with Gasteiger partial charge in [0.1, 0.15) is 5.75 Å². The molecule has 1 N–H and O–H groups in total. The van der Waals surface area contributed by atoms with Crippen molar-refractivity contribution in [3.8, 4) is 0 Å². The van der Waals surface area contributed by atoms with E-state index in [2.05, 4.69) is 5.32 Å². The standard InChI is InChI=1S/C12H17NO3S/c1-10(2)8-13-12(14)9-17(15,16)11-6-4-3-5-7-11/h3-7,10H,8-9H2,1-2H3,(H,13,14). The molecule has 0 atom stereocenters. The first kappa shape index (κ1) is 13.7. The van der Waals surface area contributed by atoms with Gasteiger partial charge in [-0.3, -0.25) is 4.79 Å². The van der Waals surface area contributed by atoms with Gasteiger partial charge in [0.15, 0.2) is 9.84 Å². The van der Waals surface area contributed by atoms with Crippen LogP contribution in [0.3, 0.4) is 0 Å². The van der Waals surface area contributed by atoms with Crippen LogP contribution < -0.4 is 5.32 Å². The molecule has 0 spiro atoms. The maximum absolute atomic E-state index is 11.8. The van der Waals surface area contributed by atoms with Crippen LogP contribution in [0.1, 0.15) is 13.8 Å². The Labute approximate surface area is 102 Å². The van der Waals surface area contributed by atoms with E-state index >= 15 is 0 Å². The molecule has 0 saturated carbocycles. The SMILES string of the molecule is CC(C)CNC(=O)CS(=O)(=O)c1ccccc1. The molecule has 0 aliphatic rings. The Bertz CT molecular complexity index is 466. The molecule has 1 aromatic rings. The predicted molar refractivity (Wildman–Crippen MR) is 66.3 cm³/mol. The first-order valence-electron chi connectivity index (χ1n) is 5.46. The van der Waals surface area contributed by atoms with Crippen molar-refractivity contribution in [3.05, 3.63) is 30.3 Å². The largest absolute Gasteiger partial charge is 0.355 e. The van der Waals surface area contributed by atoms with E-state index < -0.39 is 21.5 Å². The molecule has 1 aromatic carbocycles. The maximum Gasteiger partial charge on any atom is 0.235 e. The van der Waals surface area contributed by atoms with Gasteiger partial charge >= 0.3 is 0 Å². The van der Waals surface area contributed by atoms with Crippen molar-refractivity contribution in [3.63, 3.8) is 0 Å². The first-order valence-corrected chi connectivity index (χ1v) is 7.11. The van der Waals surface area contributed by atoms with Crippen molar-refractivity contribution in [2.45, 2.75) is 18.7 Å². The van der Waals surface area contributed by atoms with Crippen molar-refractivity contribution in [1.29, 1.82) is 0 Å². The van der Waals surface area contributed by atoms with Gasteiger partial charge in [0.25, 0.3) is 0 Å². The van der Waals surface area contributed by atoms with E-state index in [9.17, 15) is 13.2 Å². The van der Waals surface area contributed by atoms with Crippen molar-refractivity contribution in [1.82, 2.24) is 5.32 Å². The molecule has 5 heteroatoms. The summed E-state index contributed by atoms with van der Waals surface area (Å²) in [5.41, 5.74) is 0. The van der Waals surface area contributed by atoms with Crippen LogP contribution in [0, 0.1) is 5.92 Å². The average Bonchev–Trinajstić information content (AvgIpc) is 2.27. The Kier molecular flexibility index (Phi) is 4.69. The quantitative estimate of drug-likeness (QED) is 0.860. The number of rotatable bonds is 5. The van der Waals surface area contributed by atoms with Crippen LogP contribution in [0.4, 0.5) is 0 Å². The third-order valence-corrected chi connectivity index (χ3v) is 3.76. The van der Waals surface area contributed by atoms with E-state index in [4.69, 9.17) is 0 Å². The minimum Gasteiger partial charge on any atom is -0.355 e. The van der Waals surface area contributed by atoms with E-state index in [0.717, 1.165) is 0 Å². The Morgan fingerprint density at radius 1 is 1.24 bits per heavy atom. The molecule has 4 nitrogen and oxygen atoms in total. The summed E-state index contributed by atoms with van der Waals surface area (Å²) in [4.78, 5) is 11.6. The van der Waals surface area contributed by atoms with E-state index in [1.165, 1.54) is 12.1 Å². The van der Waals surface area contributed by atoms with Crippen molar-refractivity contribution >= 4 is 15.7 Å². The zero-order valence-electron chi connectivity index (χ0n) is 10.0. The van der Waals surface area contributed by atoms with Gasteiger partial charge in [-0.2, -0.15) is 0 Å². The summed E-state index contributed by atoms with van der Waals surface area (Å²) < 4.78 is 23.7. The van der Waals surface area contributed by atoms with E-state index in [-0.39, 0.29) is 4.90 Å². The maximum atomic E-state index is 11.8. The summed E-state index contributed by atoms with van der Waals surface area (Å²) in [5.74, 6) is -0.648. The van der Waals surface area contributed by atoms with E-state index in [1.54, 1.807) is 18.2 Å². The lowest BCUT2D eigenvalue weighted by Crippen LogP contribution is -2.32. The molecule has 94 valence electrons. The van der Waals surface area contributed by atoms with Gasteiger partial charge in [-0.15, -0.1) is 0 Å². The fraction of sp³-hybridized carbons (Fsp3) is 0.417. The second kappa shape index (κ2) is 5.82. The van der Waals surface area contributed by atoms with Gasteiger partial charge in [-0.1, -0.05) is 32.0 Å². The zero-order valence-corrected chi connectivity index (χ0v) is 10.8. The third kappa shape index (κ3) is 4.56. The molecule has 0 radical (unpaired) electrons. The smallest absolute Gasteiger partial charge is 0.235 e. The molecule has 1 amide bonds. The van der Waals surface area contributed by atoms with E-state index in [1.807, 2.05) is 13.8 Å². The normalized spacial score (nSPS) is 11.5. The van der Waals surface area contributed by atoms with Gasteiger partial charge in [0, 0.05) is 6.54 Å². The lowest BCUT2D eigenvalue weighted by molar-refractivity contribution is -0.118. The predicted octanol–water partition coefficient (Wildman–Crippen LogP) is 1.23. The summed E-state index contributed by atoms with van der Waals surface area (Å²) >= 11 is 0. The summed E-state index contributed by atoms with van der Waals surface area (Å²) in [6.07, 6.45) is 0. The summed E-state index contributed by atoms with van der Waals surface area (Å²) in [7, 11) is -3.52. The van der Waals surface area contributed by atoms with Crippen LogP contribution in [-0.4, -0.2) is 26.6 Å². The molecule has 0 unspecified atom stereocenters. The second-order valence-electron chi connectivity index (χ2n) is 4.27. The molecular formula is C12H17NO3S. The van der Waals surface area contributed by atoms with Crippen molar-refractivity contribution in [2.75, 3.05) is 12.3 Å². The Morgan fingerprint density at radius 2 is 1.82 bits per heavy atom. The Morgan fingerprint density at radius 3 is 2.35 bits per heavy atom. The Hall–Kier alpha value is -1.36. The molecule has 0 aromatic heterocycles. The monoisotopic (exact) mass is 255 g/mol. The number of hydrogen-bond donors (Lipinski definition) is 1. The van der Waals surface area contributed by atoms with E-state index in [0.29, 0.717) is 12.5 Å². The number of benzene rings is 1. The highest BCUT2D eigenvalue weighted by atomic mass is 32.2. The molecule has 0 fully saturated rings. The van der Waals surface area contributed by atoms with Crippen LogP contribution in [0.5, 0.6) is 0 Å². The highest BCUT2D eigenvalue weighted by molar-refractivity contribution is 7.92. The first-order chi connectivity index (χ1) is 7.92. The number of sulfone groups is 1.